The summed E-state index contributed by atoms with van der Waals surface area (Å²) in [5, 5.41) is 8.68. The van der Waals surface area contributed by atoms with E-state index in [0.29, 0.717) is 16.3 Å². The van der Waals surface area contributed by atoms with E-state index in [1.807, 2.05) is 0 Å². The minimum Gasteiger partial charge on any atom is -0.396 e. The van der Waals surface area contributed by atoms with E-state index in [9.17, 15) is 4.79 Å². The molecule has 0 bridgehead atoms. The second-order valence-corrected chi connectivity index (χ2v) is 6.29. The van der Waals surface area contributed by atoms with Crippen LogP contribution in [0.25, 0.3) is 0 Å². The Morgan fingerprint density at radius 2 is 2.12 bits per heavy atom. The molecule has 1 aromatic heterocycles. The quantitative estimate of drug-likeness (QED) is 0.662. The van der Waals surface area contributed by atoms with Crippen molar-refractivity contribution in [1.29, 1.82) is 0 Å². The molecule has 2 N–H and O–H groups in total. The molecule has 0 saturated heterocycles. The number of aliphatic hydroxyl groups excluding tert-OH is 1. The average Bonchev–Trinajstić information content (AvgIpc) is 2.15. The summed E-state index contributed by atoms with van der Waals surface area (Å²) in [4.78, 5) is 18.5. The largest absolute Gasteiger partial charge is 0.396 e. The van der Waals surface area contributed by atoms with Crippen LogP contribution in [0, 0.1) is 6.92 Å². The minimum absolute atomic E-state index is 0.00616. The third-order valence-corrected chi connectivity index (χ3v) is 3.35. The predicted molar refractivity (Wildman–Crippen MR) is 66.6 cm³/mol. The summed E-state index contributed by atoms with van der Waals surface area (Å²) in [5.41, 5.74) is 0.107. The molecule has 0 atom stereocenters. The highest BCUT2D eigenvalue weighted by Gasteiger charge is 2.27. The smallest absolute Gasteiger partial charge is 0.264 e. The summed E-state index contributed by atoms with van der Waals surface area (Å²) in [7, 11) is 0. The highest BCUT2D eigenvalue weighted by Crippen LogP contribution is 2.35. The monoisotopic (exact) mass is 302 g/mol. The standard InChI is InChI=1S/C8H9Cl3N2O2S/c1-4-5(16-3-2-14)6(15)13-7(12-4)8(9,10)11/h14H,2-3H2,1H3,(H,12,13,15). The maximum atomic E-state index is 11.6. The van der Waals surface area contributed by atoms with Gasteiger partial charge in [0.25, 0.3) is 5.56 Å². The van der Waals surface area contributed by atoms with E-state index in [1.165, 1.54) is 11.8 Å². The molecule has 0 amide bonds. The number of thioether (sulfide) groups is 1. The lowest BCUT2D eigenvalue weighted by atomic mass is 10.4. The second-order valence-electron chi connectivity index (χ2n) is 2.90. The molecule has 16 heavy (non-hydrogen) atoms. The van der Waals surface area contributed by atoms with Gasteiger partial charge in [-0.1, -0.05) is 34.8 Å². The third kappa shape index (κ3) is 3.53. The molecule has 0 unspecified atom stereocenters. The van der Waals surface area contributed by atoms with E-state index in [2.05, 4.69) is 9.97 Å². The van der Waals surface area contributed by atoms with E-state index in [4.69, 9.17) is 39.9 Å². The molecule has 90 valence electrons. The topological polar surface area (TPSA) is 66.0 Å². The fourth-order valence-electron chi connectivity index (χ4n) is 1.03. The maximum Gasteiger partial charge on any atom is 0.264 e. The summed E-state index contributed by atoms with van der Waals surface area (Å²) in [6.07, 6.45) is 0. The first-order valence-corrected chi connectivity index (χ1v) is 6.40. The van der Waals surface area contributed by atoms with Gasteiger partial charge in [0, 0.05) is 5.75 Å². The second kappa shape index (κ2) is 5.60. The van der Waals surface area contributed by atoms with Crippen LogP contribution < -0.4 is 5.56 Å². The highest BCUT2D eigenvalue weighted by molar-refractivity contribution is 7.99. The number of aryl methyl sites for hydroxylation is 1. The number of aliphatic hydroxyl groups is 1. The Labute approximate surface area is 111 Å². The Bertz CT molecular complexity index is 430. The molecule has 1 heterocycles. The molecule has 0 aliphatic rings. The van der Waals surface area contributed by atoms with E-state index >= 15 is 0 Å². The summed E-state index contributed by atoms with van der Waals surface area (Å²) in [6.45, 7) is 1.63. The third-order valence-electron chi connectivity index (χ3n) is 1.65. The van der Waals surface area contributed by atoms with Crippen LogP contribution in [-0.4, -0.2) is 27.4 Å². The normalized spacial score (nSPS) is 11.8. The van der Waals surface area contributed by atoms with Crippen LogP contribution in [-0.2, 0) is 3.79 Å². The highest BCUT2D eigenvalue weighted by atomic mass is 35.6. The van der Waals surface area contributed by atoms with Gasteiger partial charge >= 0.3 is 0 Å². The zero-order valence-corrected chi connectivity index (χ0v) is 11.3. The SMILES string of the molecule is Cc1nc(C(Cl)(Cl)Cl)[nH]c(=O)c1SCCO. The van der Waals surface area contributed by atoms with Crippen molar-refractivity contribution in [2.45, 2.75) is 15.6 Å². The summed E-state index contributed by atoms with van der Waals surface area (Å²) in [6, 6.07) is 0. The van der Waals surface area contributed by atoms with E-state index in [-0.39, 0.29) is 18.0 Å². The van der Waals surface area contributed by atoms with Gasteiger partial charge < -0.3 is 10.1 Å². The average molecular weight is 304 g/mol. The van der Waals surface area contributed by atoms with Crippen molar-refractivity contribution in [2.75, 3.05) is 12.4 Å². The number of aromatic nitrogens is 2. The maximum absolute atomic E-state index is 11.6. The lowest BCUT2D eigenvalue weighted by Crippen LogP contribution is -2.20. The number of nitrogens with one attached hydrogen (secondary N) is 1. The Kier molecular flexibility index (Phi) is 4.94. The van der Waals surface area contributed by atoms with E-state index in [1.54, 1.807) is 6.92 Å². The Morgan fingerprint density at radius 3 is 2.56 bits per heavy atom. The number of hydrogen-bond donors (Lipinski definition) is 2. The number of hydrogen-bond acceptors (Lipinski definition) is 4. The van der Waals surface area contributed by atoms with Crippen molar-refractivity contribution in [3.63, 3.8) is 0 Å². The molecule has 1 aromatic rings. The fraction of sp³-hybridized carbons (Fsp3) is 0.500. The van der Waals surface area contributed by atoms with E-state index in [0.717, 1.165) is 0 Å². The van der Waals surface area contributed by atoms with Gasteiger partial charge in [-0.2, -0.15) is 0 Å². The van der Waals surface area contributed by atoms with Crippen LogP contribution in [0.1, 0.15) is 11.5 Å². The number of aromatic amines is 1. The lowest BCUT2D eigenvalue weighted by Gasteiger charge is -2.11. The molecule has 4 nitrogen and oxygen atoms in total. The lowest BCUT2D eigenvalue weighted by molar-refractivity contribution is 0.322. The van der Waals surface area contributed by atoms with Crippen molar-refractivity contribution in [2.24, 2.45) is 0 Å². The minimum atomic E-state index is -1.75. The Hall–Kier alpha value is 0.0600. The first-order chi connectivity index (χ1) is 7.36. The van der Waals surface area contributed by atoms with E-state index < -0.39 is 3.79 Å². The Morgan fingerprint density at radius 1 is 1.50 bits per heavy atom. The number of rotatable bonds is 3. The van der Waals surface area contributed by atoms with Crippen molar-refractivity contribution < 1.29 is 5.11 Å². The first-order valence-electron chi connectivity index (χ1n) is 4.28. The number of nitrogens with zero attached hydrogens (tertiary/aromatic N) is 1. The van der Waals surface area contributed by atoms with Crippen molar-refractivity contribution in [1.82, 2.24) is 9.97 Å². The molecular weight excluding hydrogens is 295 g/mol. The van der Waals surface area contributed by atoms with Crippen molar-refractivity contribution in [3.05, 3.63) is 21.9 Å². The predicted octanol–water partition coefficient (Wildman–Crippen LogP) is 1.99. The summed E-state index contributed by atoms with van der Waals surface area (Å²) in [5.74, 6) is 0.409. The van der Waals surface area contributed by atoms with Crippen LogP contribution in [0.5, 0.6) is 0 Å². The number of H-pyrrole nitrogens is 1. The molecule has 1 rings (SSSR count). The van der Waals surface area contributed by atoms with Crippen LogP contribution in [0.3, 0.4) is 0 Å². The van der Waals surface area contributed by atoms with Crippen LogP contribution in [0.2, 0.25) is 0 Å². The van der Waals surface area contributed by atoms with Gasteiger partial charge in [0.1, 0.15) is 0 Å². The van der Waals surface area contributed by atoms with Gasteiger partial charge in [-0.05, 0) is 6.92 Å². The number of halogens is 3. The Balaban J connectivity index is 3.13. The van der Waals surface area contributed by atoms with Gasteiger partial charge in [-0.3, -0.25) is 4.79 Å². The summed E-state index contributed by atoms with van der Waals surface area (Å²) < 4.78 is -1.75. The van der Waals surface area contributed by atoms with Crippen LogP contribution >= 0.6 is 46.6 Å². The van der Waals surface area contributed by atoms with Crippen molar-refractivity contribution in [3.8, 4) is 0 Å². The zero-order valence-electron chi connectivity index (χ0n) is 8.26. The zero-order chi connectivity index (χ0) is 12.3. The molecule has 0 saturated carbocycles. The van der Waals surface area contributed by atoms with Gasteiger partial charge in [0.2, 0.25) is 3.79 Å². The molecule has 0 aromatic carbocycles. The molecule has 0 fully saturated rings. The summed E-state index contributed by atoms with van der Waals surface area (Å²) >= 11 is 18.0. The fourth-order valence-corrected chi connectivity index (χ4v) is 2.03. The molecule has 0 aliphatic carbocycles. The molecule has 0 aliphatic heterocycles. The number of alkyl halides is 3. The van der Waals surface area contributed by atoms with Gasteiger partial charge in [0.15, 0.2) is 5.82 Å². The van der Waals surface area contributed by atoms with Crippen LogP contribution in [0.15, 0.2) is 9.69 Å². The van der Waals surface area contributed by atoms with Gasteiger partial charge in [-0.15, -0.1) is 11.8 Å². The van der Waals surface area contributed by atoms with Crippen LogP contribution in [0.4, 0.5) is 0 Å². The van der Waals surface area contributed by atoms with Crippen molar-refractivity contribution >= 4 is 46.6 Å². The van der Waals surface area contributed by atoms with Gasteiger partial charge in [-0.25, -0.2) is 4.98 Å². The molecular formula is C8H9Cl3N2O2S. The molecule has 8 heteroatoms. The molecule has 0 radical (unpaired) electrons. The first kappa shape index (κ1) is 14.1. The van der Waals surface area contributed by atoms with Gasteiger partial charge in [0.05, 0.1) is 17.2 Å². The molecule has 0 spiro atoms.